The van der Waals surface area contributed by atoms with Crippen LogP contribution < -0.4 is 11.2 Å². The van der Waals surface area contributed by atoms with E-state index >= 15 is 0 Å². The van der Waals surface area contributed by atoms with Crippen LogP contribution in [0.2, 0.25) is 0 Å². The smallest absolute Gasteiger partial charge is 0.330 e. The number of carbonyl (C=O) groups is 1. The lowest BCUT2D eigenvalue weighted by atomic mass is 10.1. The Bertz CT molecular complexity index is 839. The molecule has 0 spiro atoms. The molecule has 1 aromatic rings. The van der Waals surface area contributed by atoms with Gasteiger partial charge in [0.2, 0.25) is 0 Å². The largest absolute Gasteiger partial charge is 0.457 e. The Morgan fingerprint density at radius 1 is 1.61 bits per heavy atom. The Labute approximate surface area is 128 Å². The average Bonchev–Trinajstić information content (AvgIpc) is 2.87. The van der Waals surface area contributed by atoms with E-state index in [2.05, 4.69) is 15.0 Å². The molecule has 11 nitrogen and oxygen atoms in total. The van der Waals surface area contributed by atoms with Gasteiger partial charge in [0.1, 0.15) is 11.6 Å². The molecule has 0 bridgehead atoms. The number of carbonyl (C=O) groups excluding carboxylic acids is 1. The van der Waals surface area contributed by atoms with Gasteiger partial charge in [-0.15, -0.1) is 0 Å². The van der Waals surface area contributed by atoms with Crippen LogP contribution in [0, 0.1) is 6.92 Å². The van der Waals surface area contributed by atoms with Gasteiger partial charge in [-0.05, 0) is 12.5 Å². The first-order chi connectivity index (χ1) is 10.8. The number of fused-ring (bicyclic) bond motifs is 1. The molecule has 1 saturated heterocycles. The number of aliphatic hydroxyl groups is 1. The molecule has 1 saturated carbocycles. The molecule has 122 valence electrons. The summed E-state index contributed by atoms with van der Waals surface area (Å²) >= 11 is 0. The van der Waals surface area contributed by atoms with Crippen molar-refractivity contribution in [1.82, 2.24) is 9.55 Å². The van der Waals surface area contributed by atoms with Crippen molar-refractivity contribution in [3.63, 3.8) is 0 Å². The normalized spacial score (nSPS) is 34.4. The van der Waals surface area contributed by atoms with Crippen molar-refractivity contribution in [3.05, 3.63) is 43.0 Å². The van der Waals surface area contributed by atoms with Crippen molar-refractivity contribution in [2.75, 3.05) is 0 Å². The summed E-state index contributed by atoms with van der Waals surface area (Å²) in [6.07, 6.45) is -3.10. The highest BCUT2D eigenvalue weighted by Gasteiger charge is 2.78. The molecule has 11 heteroatoms. The number of ether oxygens (including phenoxy) is 2. The first-order valence-electron chi connectivity index (χ1n) is 6.72. The minimum absolute atomic E-state index is 0.244. The van der Waals surface area contributed by atoms with Gasteiger partial charge in [-0.2, -0.15) is 0 Å². The van der Waals surface area contributed by atoms with E-state index in [1.54, 1.807) is 0 Å². The second kappa shape index (κ2) is 4.95. The van der Waals surface area contributed by atoms with Gasteiger partial charge >= 0.3 is 11.7 Å². The number of azide groups is 1. The quantitative estimate of drug-likeness (QED) is 0.317. The Kier molecular flexibility index (Phi) is 3.29. The van der Waals surface area contributed by atoms with Crippen molar-refractivity contribution in [2.45, 2.75) is 43.9 Å². The number of nitrogens with one attached hydrogen (secondary N) is 1. The maximum atomic E-state index is 12.0. The molecule has 5 atom stereocenters. The zero-order valence-corrected chi connectivity index (χ0v) is 12.2. The fourth-order valence-electron chi connectivity index (χ4n) is 2.88. The molecule has 23 heavy (non-hydrogen) atoms. The second-order valence-electron chi connectivity index (χ2n) is 5.48. The van der Waals surface area contributed by atoms with Gasteiger partial charge in [-0.25, -0.2) is 4.79 Å². The van der Waals surface area contributed by atoms with E-state index in [4.69, 9.17) is 15.0 Å². The molecule has 0 aromatic carbocycles. The number of aryl methyl sites for hydroxylation is 1. The lowest BCUT2D eigenvalue weighted by Crippen LogP contribution is -2.43. The summed E-state index contributed by atoms with van der Waals surface area (Å²) in [5, 5.41) is 13.4. The van der Waals surface area contributed by atoms with Crippen LogP contribution in [-0.4, -0.2) is 44.5 Å². The van der Waals surface area contributed by atoms with Gasteiger partial charge in [-0.3, -0.25) is 19.1 Å². The molecule has 0 amide bonds. The SMILES string of the molecule is CC(=O)O[C@H]1[C@H](n2cc(C)c(=O)[nH]c2=O)O[C@@H]2C(O)C21N=[N+]=[N-]. The molecule has 2 aliphatic rings. The summed E-state index contributed by atoms with van der Waals surface area (Å²) in [4.78, 5) is 39.6. The monoisotopic (exact) mass is 323 g/mol. The molecule has 2 unspecified atom stereocenters. The Hall–Kier alpha value is -2.62. The van der Waals surface area contributed by atoms with E-state index in [1.807, 2.05) is 0 Å². The Morgan fingerprint density at radius 3 is 2.91 bits per heavy atom. The van der Waals surface area contributed by atoms with Crippen LogP contribution in [-0.2, 0) is 14.3 Å². The summed E-state index contributed by atoms with van der Waals surface area (Å²) in [5.74, 6) is -0.690. The van der Waals surface area contributed by atoms with Crippen molar-refractivity contribution >= 4 is 5.97 Å². The lowest BCUT2D eigenvalue weighted by molar-refractivity contribution is -0.159. The second-order valence-corrected chi connectivity index (χ2v) is 5.48. The average molecular weight is 323 g/mol. The van der Waals surface area contributed by atoms with Gasteiger partial charge in [0.15, 0.2) is 12.3 Å². The molecular weight excluding hydrogens is 310 g/mol. The zero-order valence-electron chi connectivity index (χ0n) is 12.2. The van der Waals surface area contributed by atoms with Crippen LogP contribution in [0.5, 0.6) is 0 Å². The van der Waals surface area contributed by atoms with Gasteiger partial charge in [0.05, 0.1) is 6.10 Å². The minimum Gasteiger partial charge on any atom is -0.457 e. The maximum absolute atomic E-state index is 12.0. The molecular formula is C12H13N5O6. The summed E-state index contributed by atoms with van der Waals surface area (Å²) < 4.78 is 11.7. The third kappa shape index (κ3) is 2.05. The van der Waals surface area contributed by atoms with Crippen LogP contribution in [0.3, 0.4) is 0 Å². The van der Waals surface area contributed by atoms with Gasteiger partial charge in [0, 0.05) is 23.6 Å². The predicted molar refractivity (Wildman–Crippen MR) is 73.4 cm³/mol. The lowest BCUT2D eigenvalue weighted by Gasteiger charge is -2.26. The van der Waals surface area contributed by atoms with Crippen LogP contribution in [0.15, 0.2) is 20.9 Å². The Morgan fingerprint density at radius 2 is 2.30 bits per heavy atom. The highest BCUT2D eigenvalue weighted by molar-refractivity contribution is 5.66. The van der Waals surface area contributed by atoms with E-state index in [-0.39, 0.29) is 5.56 Å². The summed E-state index contributed by atoms with van der Waals surface area (Å²) in [7, 11) is 0. The summed E-state index contributed by atoms with van der Waals surface area (Å²) in [5.41, 5.74) is 6.16. The minimum atomic E-state index is -1.48. The van der Waals surface area contributed by atoms with Crippen molar-refractivity contribution < 1.29 is 19.4 Å². The number of hydrogen-bond donors (Lipinski definition) is 2. The third-order valence-corrected chi connectivity index (χ3v) is 4.04. The molecule has 2 fully saturated rings. The first kappa shape index (κ1) is 15.3. The number of hydrogen-bond acceptors (Lipinski definition) is 7. The molecule has 2 N–H and O–H groups in total. The highest BCUT2D eigenvalue weighted by Crippen LogP contribution is 2.57. The number of aromatic amines is 1. The van der Waals surface area contributed by atoms with Gasteiger partial charge in [0.25, 0.3) is 5.56 Å². The third-order valence-electron chi connectivity index (χ3n) is 4.04. The predicted octanol–water partition coefficient (Wildman–Crippen LogP) is -0.902. The van der Waals surface area contributed by atoms with E-state index in [1.165, 1.54) is 13.1 Å². The fraction of sp³-hybridized carbons (Fsp3) is 0.583. The number of nitrogens with zero attached hydrogens (tertiary/aromatic N) is 4. The number of aliphatic hydroxyl groups excluding tert-OH is 1. The van der Waals surface area contributed by atoms with E-state index in [9.17, 15) is 19.5 Å². The maximum Gasteiger partial charge on any atom is 0.330 e. The van der Waals surface area contributed by atoms with Crippen molar-refractivity contribution in [1.29, 1.82) is 0 Å². The van der Waals surface area contributed by atoms with Crippen molar-refractivity contribution in [3.8, 4) is 0 Å². The number of esters is 1. The molecule has 1 aromatic heterocycles. The molecule has 0 radical (unpaired) electrons. The molecule has 1 aliphatic carbocycles. The van der Waals surface area contributed by atoms with Gasteiger partial charge in [-0.1, -0.05) is 5.11 Å². The summed E-state index contributed by atoms with van der Waals surface area (Å²) in [6.45, 7) is 2.63. The zero-order chi connectivity index (χ0) is 16.9. The highest BCUT2D eigenvalue weighted by atomic mass is 16.6. The van der Waals surface area contributed by atoms with E-state index in [0.29, 0.717) is 0 Å². The van der Waals surface area contributed by atoms with Crippen LogP contribution >= 0.6 is 0 Å². The standard InChI is InChI=1S/C12H13N5O6/c1-4-3-17(11(21)14-9(4)20)10-8(22-5(2)18)12(15-16-13)6(19)7(12)23-10/h3,6-8,10,19H,1-2H3,(H,14,20,21)/t6?,7-,8+,10-,12?/m1/s1. The van der Waals surface area contributed by atoms with E-state index in [0.717, 1.165) is 11.5 Å². The fourth-order valence-corrected chi connectivity index (χ4v) is 2.88. The summed E-state index contributed by atoms with van der Waals surface area (Å²) in [6, 6.07) is 0. The van der Waals surface area contributed by atoms with Crippen molar-refractivity contribution in [2.24, 2.45) is 5.11 Å². The molecule has 2 heterocycles. The molecule has 3 rings (SSSR count). The van der Waals surface area contributed by atoms with Crippen LogP contribution in [0.25, 0.3) is 10.4 Å². The number of aromatic nitrogens is 2. The molecule has 1 aliphatic heterocycles. The van der Waals surface area contributed by atoms with Crippen LogP contribution in [0.1, 0.15) is 18.7 Å². The topological polar surface area (TPSA) is 159 Å². The van der Waals surface area contributed by atoms with Gasteiger partial charge < -0.3 is 14.6 Å². The first-order valence-corrected chi connectivity index (χ1v) is 6.72. The van der Waals surface area contributed by atoms with E-state index < -0.39 is 47.3 Å². The van der Waals surface area contributed by atoms with Crippen LogP contribution in [0.4, 0.5) is 0 Å². The number of H-pyrrole nitrogens is 1. The number of rotatable bonds is 3. The Balaban J connectivity index is 2.09.